The molecule has 0 bridgehead atoms. The molecular formula is C8H20O4Si2. The monoisotopic (exact) mass is 236 g/mol. The van der Waals surface area contributed by atoms with Crippen LogP contribution in [-0.2, 0) is 17.7 Å². The molecule has 1 aliphatic rings. The molecule has 0 radical (unpaired) electrons. The minimum absolute atomic E-state index is 0.899. The van der Waals surface area contributed by atoms with Crippen molar-refractivity contribution in [3.63, 3.8) is 0 Å². The zero-order valence-corrected chi connectivity index (χ0v) is 11.4. The lowest BCUT2D eigenvalue weighted by Gasteiger charge is -2.29. The molecule has 0 saturated carbocycles. The predicted molar refractivity (Wildman–Crippen MR) is 58.7 cm³/mol. The van der Waals surface area contributed by atoms with Crippen LogP contribution in [0.25, 0.3) is 0 Å². The summed E-state index contributed by atoms with van der Waals surface area (Å²) < 4.78 is 21.9. The van der Waals surface area contributed by atoms with E-state index in [4.69, 9.17) is 17.7 Å². The highest BCUT2D eigenvalue weighted by Gasteiger charge is 2.42. The van der Waals surface area contributed by atoms with Crippen LogP contribution in [0.3, 0.4) is 0 Å². The third-order valence-electron chi connectivity index (χ3n) is 2.68. The first-order valence-electron chi connectivity index (χ1n) is 5.03. The van der Waals surface area contributed by atoms with E-state index in [2.05, 4.69) is 0 Å². The Morgan fingerprint density at radius 2 is 1.79 bits per heavy atom. The minimum Gasteiger partial charge on any atom is -0.420 e. The molecule has 1 atom stereocenters. The topological polar surface area (TPSA) is 36.9 Å². The van der Waals surface area contributed by atoms with Gasteiger partial charge in [0, 0.05) is 33.6 Å². The van der Waals surface area contributed by atoms with Gasteiger partial charge in [0.2, 0.25) is 0 Å². The summed E-state index contributed by atoms with van der Waals surface area (Å²) in [4.78, 5) is 0. The van der Waals surface area contributed by atoms with E-state index in [0.717, 1.165) is 12.3 Å². The summed E-state index contributed by atoms with van der Waals surface area (Å²) in [5.74, 6) is 0. The van der Waals surface area contributed by atoms with E-state index in [0.29, 0.717) is 0 Å². The summed E-state index contributed by atoms with van der Waals surface area (Å²) in [6, 6.07) is 1.23. The molecule has 0 aromatic heterocycles. The Morgan fingerprint density at radius 3 is 2.21 bits per heavy atom. The van der Waals surface area contributed by atoms with Crippen molar-refractivity contribution in [1.29, 1.82) is 0 Å². The third-order valence-corrected chi connectivity index (χ3v) is 10.1. The van der Waals surface area contributed by atoms with E-state index >= 15 is 0 Å². The Bertz CT molecular complexity index is 149. The summed E-state index contributed by atoms with van der Waals surface area (Å²) in [6.45, 7) is 0.915. The standard InChI is InChI=1S/C8H20O4Si2/c1-9-14(10-2,11-3)8-13-7-5-4-6-12-13/h13H,4-8H2,1-3H3. The van der Waals surface area contributed by atoms with Crippen molar-refractivity contribution in [3.8, 4) is 0 Å². The molecule has 6 heteroatoms. The first-order valence-corrected chi connectivity index (χ1v) is 9.07. The zero-order chi connectivity index (χ0) is 10.4. The molecule has 1 aliphatic heterocycles. The summed E-state index contributed by atoms with van der Waals surface area (Å²) in [7, 11) is 1.50. The molecule has 1 unspecified atom stereocenters. The molecule has 0 aliphatic carbocycles. The first kappa shape index (κ1) is 12.3. The minimum atomic E-state index is -2.37. The van der Waals surface area contributed by atoms with E-state index in [1.54, 1.807) is 21.3 Å². The highest BCUT2D eigenvalue weighted by Crippen LogP contribution is 2.21. The highest BCUT2D eigenvalue weighted by atomic mass is 28.4. The second-order valence-corrected chi connectivity index (χ2v) is 9.87. The smallest absolute Gasteiger partial charge is 0.420 e. The Balaban J connectivity index is 2.44. The molecule has 0 amide bonds. The Labute approximate surface area is 88.6 Å². The van der Waals surface area contributed by atoms with Crippen molar-refractivity contribution in [2.24, 2.45) is 0 Å². The maximum absolute atomic E-state index is 5.77. The van der Waals surface area contributed by atoms with Crippen molar-refractivity contribution in [2.45, 2.75) is 24.6 Å². The number of rotatable bonds is 5. The average Bonchev–Trinajstić information content (AvgIpc) is 2.28. The van der Waals surface area contributed by atoms with Crippen molar-refractivity contribution in [3.05, 3.63) is 0 Å². The molecule has 84 valence electrons. The Hall–Kier alpha value is 0.274. The zero-order valence-electron chi connectivity index (χ0n) is 9.25. The normalized spacial score (nSPS) is 23.8. The van der Waals surface area contributed by atoms with Crippen LogP contribution < -0.4 is 0 Å². The second-order valence-electron chi connectivity index (χ2n) is 3.49. The van der Waals surface area contributed by atoms with E-state index in [-0.39, 0.29) is 0 Å². The summed E-state index contributed by atoms with van der Waals surface area (Å²) in [5.41, 5.74) is 0.899. The van der Waals surface area contributed by atoms with Gasteiger partial charge in [-0.05, 0) is 12.5 Å². The van der Waals surface area contributed by atoms with Gasteiger partial charge < -0.3 is 17.7 Å². The molecule has 0 N–H and O–H groups in total. The average molecular weight is 236 g/mol. The summed E-state index contributed by atoms with van der Waals surface area (Å²) >= 11 is 0. The fourth-order valence-corrected chi connectivity index (χ4v) is 9.18. The van der Waals surface area contributed by atoms with Crippen LogP contribution in [0.1, 0.15) is 12.8 Å². The fourth-order valence-electron chi connectivity index (χ4n) is 1.75. The largest absolute Gasteiger partial charge is 0.499 e. The van der Waals surface area contributed by atoms with Crippen molar-refractivity contribution in [1.82, 2.24) is 0 Å². The third kappa shape index (κ3) is 3.14. The first-order chi connectivity index (χ1) is 6.76. The van der Waals surface area contributed by atoms with E-state index in [1.165, 1.54) is 18.9 Å². The van der Waals surface area contributed by atoms with Gasteiger partial charge in [0.05, 0.1) is 0 Å². The summed E-state index contributed by atoms with van der Waals surface area (Å²) in [5, 5.41) is 0. The Morgan fingerprint density at radius 1 is 1.14 bits per heavy atom. The van der Waals surface area contributed by atoms with Gasteiger partial charge in [0.15, 0.2) is 9.04 Å². The number of hydrogen-bond acceptors (Lipinski definition) is 4. The molecule has 14 heavy (non-hydrogen) atoms. The van der Waals surface area contributed by atoms with Crippen LogP contribution >= 0.6 is 0 Å². The van der Waals surface area contributed by atoms with Crippen molar-refractivity contribution < 1.29 is 17.7 Å². The van der Waals surface area contributed by atoms with Crippen LogP contribution in [0.2, 0.25) is 11.7 Å². The van der Waals surface area contributed by atoms with Gasteiger partial charge in [0.25, 0.3) is 0 Å². The molecule has 0 aromatic rings. The Kier molecular flexibility index (Phi) is 5.28. The quantitative estimate of drug-likeness (QED) is 0.666. The van der Waals surface area contributed by atoms with E-state index in [9.17, 15) is 0 Å². The SMILES string of the molecule is CO[Si](C[SiH]1CCCCO1)(OC)OC. The maximum Gasteiger partial charge on any atom is 0.499 e. The van der Waals surface area contributed by atoms with Gasteiger partial charge in [-0.25, -0.2) is 0 Å². The van der Waals surface area contributed by atoms with Crippen molar-refractivity contribution in [2.75, 3.05) is 27.9 Å². The van der Waals surface area contributed by atoms with Crippen molar-refractivity contribution >= 4 is 17.8 Å². The van der Waals surface area contributed by atoms with Crippen LogP contribution in [-0.4, -0.2) is 45.8 Å². The lowest BCUT2D eigenvalue weighted by Crippen LogP contribution is -2.48. The molecule has 0 aromatic carbocycles. The molecular weight excluding hydrogens is 216 g/mol. The number of hydrogen-bond donors (Lipinski definition) is 0. The van der Waals surface area contributed by atoms with Crippen LogP contribution in [0.15, 0.2) is 0 Å². The molecule has 1 saturated heterocycles. The second kappa shape index (κ2) is 5.99. The highest BCUT2D eigenvalue weighted by molar-refractivity contribution is 6.76. The van der Waals surface area contributed by atoms with Gasteiger partial charge >= 0.3 is 8.80 Å². The van der Waals surface area contributed by atoms with Crippen LogP contribution in [0.4, 0.5) is 0 Å². The van der Waals surface area contributed by atoms with E-state index < -0.39 is 17.8 Å². The van der Waals surface area contributed by atoms with Gasteiger partial charge in [-0.1, -0.05) is 6.42 Å². The van der Waals surface area contributed by atoms with E-state index in [1.807, 2.05) is 0 Å². The molecule has 0 spiro atoms. The fraction of sp³-hybridized carbons (Fsp3) is 1.00. The van der Waals surface area contributed by atoms with Gasteiger partial charge in [-0.2, -0.15) is 0 Å². The molecule has 1 rings (SSSR count). The lowest BCUT2D eigenvalue weighted by atomic mass is 10.4. The summed E-state index contributed by atoms with van der Waals surface area (Å²) in [6.07, 6.45) is 2.49. The molecule has 1 fully saturated rings. The van der Waals surface area contributed by atoms with Gasteiger partial charge in [-0.3, -0.25) is 0 Å². The predicted octanol–water partition coefficient (Wildman–Crippen LogP) is 0.938. The van der Waals surface area contributed by atoms with Gasteiger partial charge in [0.1, 0.15) is 0 Å². The maximum atomic E-state index is 5.77. The molecule has 1 heterocycles. The van der Waals surface area contributed by atoms with Crippen LogP contribution in [0.5, 0.6) is 0 Å². The molecule has 4 nitrogen and oxygen atoms in total. The van der Waals surface area contributed by atoms with Crippen LogP contribution in [0, 0.1) is 0 Å². The van der Waals surface area contributed by atoms with Gasteiger partial charge in [-0.15, -0.1) is 0 Å². The lowest BCUT2D eigenvalue weighted by molar-refractivity contribution is 0.126.